The summed E-state index contributed by atoms with van der Waals surface area (Å²) in [5.41, 5.74) is 0.848. The van der Waals surface area contributed by atoms with Gasteiger partial charge in [0.15, 0.2) is 0 Å². The Hall–Kier alpha value is -1.06. The van der Waals surface area contributed by atoms with Crippen molar-refractivity contribution in [3.8, 4) is 5.75 Å². The zero-order chi connectivity index (χ0) is 12.5. The maximum absolute atomic E-state index is 10.1. The highest BCUT2D eigenvalue weighted by Gasteiger charge is 2.12. The van der Waals surface area contributed by atoms with Crippen LogP contribution in [0.1, 0.15) is 38.4 Å². The Morgan fingerprint density at radius 1 is 1.18 bits per heavy atom. The predicted molar refractivity (Wildman–Crippen MR) is 68.3 cm³/mol. The molecule has 17 heavy (non-hydrogen) atoms. The van der Waals surface area contributed by atoms with Crippen LogP contribution in [0, 0.1) is 0 Å². The lowest BCUT2D eigenvalue weighted by Gasteiger charge is -2.15. The largest absolute Gasteiger partial charge is 0.493 e. The summed E-state index contributed by atoms with van der Waals surface area (Å²) in [7, 11) is 0. The fourth-order valence-corrected chi connectivity index (χ4v) is 1.59. The first-order chi connectivity index (χ1) is 8.29. The van der Waals surface area contributed by atoms with Gasteiger partial charge in [-0.05, 0) is 19.4 Å². The third kappa shape index (κ3) is 4.75. The van der Waals surface area contributed by atoms with Gasteiger partial charge in [-0.1, -0.05) is 25.1 Å². The van der Waals surface area contributed by atoms with Gasteiger partial charge in [-0.3, -0.25) is 0 Å². The van der Waals surface area contributed by atoms with E-state index in [1.54, 1.807) is 0 Å². The molecule has 1 aromatic rings. The van der Waals surface area contributed by atoms with Crippen molar-refractivity contribution in [1.82, 2.24) is 0 Å². The van der Waals surface area contributed by atoms with E-state index in [0.29, 0.717) is 26.2 Å². The molecule has 0 aliphatic heterocycles. The van der Waals surface area contributed by atoms with Crippen LogP contribution in [-0.2, 0) is 4.74 Å². The highest BCUT2D eigenvalue weighted by Crippen LogP contribution is 2.27. The number of para-hydroxylation sites is 1. The molecule has 0 fully saturated rings. The lowest BCUT2D eigenvalue weighted by molar-refractivity contribution is 0.0869. The molecule has 0 amide bonds. The van der Waals surface area contributed by atoms with E-state index in [9.17, 15) is 5.11 Å². The number of aliphatic hydroxyl groups excluding tert-OH is 1. The van der Waals surface area contributed by atoms with E-state index in [1.807, 2.05) is 31.2 Å². The molecule has 96 valence electrons. The lowest BCUT2D eigenvalue weighted by Crippen LogP contribution is -2.06. The van der Waals surface area contributed by atoms with Crippen LogP contribution < -0.4 is 4.74 Å². The topological polar surface area (TPSA) is 38.7 Å². The zero-order valence-electron chi connectivity index (χ0n) is 10.7. The van der Waals surface area contributed by atoms with E-state index in [1.165, 1.54) is 0 Å². The van der Waals surface area contributed by atoms with E-state index in [0.717, 1.165) is 17.7 Å². The first-order valence-corrected chi connectivity index (χ1v) is 6.27. The number of benzene rings is 1. The zero-order valence-corrected chi connectivity index (χ0v) is 10.7. The SMILES string of the molecule is CCCOc1ccccc1C(O)CCOCC. The molecule has 1 rings (SSSR count). The van der Waals surface area contributed by atoms with Crippen molar-refractivity contribution in [1.29, 1.82) is 0 Å². The fourth-order valence-electron chi connectivity index (χ4n) is 1.59. The number of ether oxygens (including phenoxy) is 2. The summed E-state index contributed by atoms with van der Waals surface area (Å²) in [6, 6.07) is 7.64. The molecule has 3 nitrogen and oxygen atoms in total. The Labute approximate surface area is 103 Å². The van der Waals surface area contributed by atoms with Gasteiger partial charge < -0.3 is 14.6 Å². The third-order valence-corrected chi connectivity index (χ3v) is 2.48. The second kappa shape index (κ2) is 8.09. The minimum Gasteiger partial charge on any atom is -0.493 e. The summed E-state index contributed by atoms with van der Waals surface area (Å²) in [5.74, 6) is 0.776. The normalized spacial score (nSPS) is 12.4. The Balaban J connectivity index is 2.60. The summed E-state index contributed by atoms with van der Waals surface area (Å²) in [6.07, 6.45) is 1.04. The van der Waals surface area contributed by atoms with Gasteiger partial charge in [-0.15, -0.1) is 0 Å². The molecule has 0 bridgehead atoms. The molecule has 0 heterocycles. The van der Waals surface area contributed by atoms with Crippen molar-refractivity contribution in [2.75, 3.05) is 19.8 Å². The average molecular weight is 238 g/mol. The Morgan fingerprint density at radius 2 is 1.94 bits per heavy atom. The second-order valence-corrected chi connectivity index (χ2v) is 3.89. The van der Waals surface area contributed by atoms with E-state index >= 15 is 0 Å². The third-order valence-electron chi connectivity index (χ3n) is 2.48. The molecular weight excluding hydrogens is 216 g/mol. The highest BCUT2D eigenvalue weighted by molar-refractivity contribution is 5.35. The summed E-state index contributed by atoms with van der Waals surface area (Å²) < 4.78 is 10.9. The monoisotopic (exact) mass is 238 g/mol. The van der Waals surface area contributed by atoms with Crippen LogP contribution >= 0.6 is 0 Å². The number of rotatable bonds is 8. The minimum absolute atomic E-state index is 0.519. The van der Waals surface area contributed by atoms with E-state index in [-0.39, 0.29) is 0 Å². The van der Waals surface area contributed by atoms with Gasteiger partial charge in [0.25, 0.3) is 0 Å². The number of hydrogen-bond acceptors (Lipinski definition) is 3. The Kier molecular flexibility index (Phi) is 6.67. The highest BCUT2D eigenvalue weighted by atomic mass is 16.5. The molecule has 3 heteroatoms. The Bertz CT molecular complexity index is 312. The van der Waals surface area contributed by atoms with Crippen molar-refractivity contribution in [3.63, 3.8) is 0 Å². The standard InChI is InChI=1S/C14H22O3/c1-3-10-17-14-8-6-5-7-12(14)13(15)9-11-16-4-2/h5-8,13,15H,3-4,9-11H2,1-2H3. The van der Waals surface area contributed by atoms with Gasteiger partial charge in [0.1, 0.15) is 5.75 Å². The summed E-state index contributed by atoms with van der Waals surface area (Å²) in [5, 5.41) is 10.1. The van der Waals surface area contributed by atoms with Gasteiger partial charge in [-0.25, -0.2) is 0 Å². The minimum atomic E-state index is -0.519. The molecule has 1 N–H and O–H groups in total. The van der Waals surface area contributed by atoms with Crippen molar-refractivity contribution in [3.05, 3.63) is 29.8 Å². The first-order valence-electron chi connectivity index (χ1n) is 6.27. The molecule has 1 atom stereocenters. The molecule has 0 saturated heterocycles. The molecular formula is C14H22O3. The lowest BCUT2D eigenvalue weighted by atomic mass is 10.1. The van der Waals surface area contributed by atoms with Crippen molar-refractivity contribution in [2.45, 2.75) is 32.8 Å². The molecule has 0 aromatic heterocycles. The summed E-state index contributed by atoms with van der Waals surface area (Å²) >= 11 is 0. The van der Waals surface area contributed by atoms with Crippen molar-refractivity contribution >= 4 is 0 Å². The average Bonchev–Trinajstić information content (AvgIpc) is 2.37. The molecule has 0 aliphatic carbocycles. The van der Waals surface area contributed by atoms with E-state index in [2.05, 4.69) is 6.92 Å². The smallest absolute Gasteiger partial charge is 0.125 e. The molecule has 1 aromatic carbocycles. The summed E-state index contributed by atoms with van der Waals surface area (Å²) in [6.45, 7) is 5.94. The van der Waals surface area contributed by atoms with Gasteiger partial charge in [-0.2, -0.15) is 0 Å². The van der Waals surface area contributed by atoms with Crippen molar-refractivity contribution in [2.24, 2.45) is 0 Å². The van der Waals surface area contributed by atoms with Gasteiger partial charge in [0, 0.05) is 25.2 Å². The quantitative estimate of drug-likeness (QED) is 0.708. The number of aliphatic hydroxyl groups is 1. The van der Waals surface area contributed by atoms with Crippen LogP contribution in [0.3, 0.4) is 0 Å². The van der Waals surface area contributed by atoms with Gasteiger partial charge >= 0.3 is 0 Å². The maximum atomic E-state index is 10.1. The van der Waals surface area contributed by atoms with Crippen LogP contribution in [0.25, 0.3) is 0 Å². The predicted octanol–water partition coefficient (Wildman–Crippen LogP) is 2.94. The molecule has 0 radical (unpaired) electrons. The molecule has 0 spiro atoms. The second-order valence-electron chi connectivity index (χ2n) is 3.89. The summed E-state index contributed by atoms with van der Waals surface area (Å²) in [4.78, 5) is 0. The molecule has 1 unspecified atom stereocenters. The van der Waals surface area contributed by atoms with Crippen LogP contribution in [-0.4, -0.2) is 24.9 Å². The van der Waals surface area contributed by atoms with Crippen LogP contribution in [0.5, 0.6) is 5.75 Å². The molecule has 0 saturated carbocycles. The van der Waals surface area contributed by atoms with Crippen LogP contribution in [0.2, 0.25) is 0 Å². The van der Waals surface area contributed by atoms with Crippen LogP contribution in [0.15, 0.2) is 24.3 Å². The maximum Gasteiger partial charge on any atom is 0.125 e. The van der Waals surface area contributed by atoms with E-state index in [4.69, 9.17) is 9.47 Å². The van der Waals surface area contributed by atoms with Gasteiger partial charge in [0.05, 0.1) is 12.7 Å². The van der Waals surface area contributed by atoms with Crippen molar-refractivity contribution < 1.29 is 14.6 Å². The van der Waals surface area contributed by atoms with Crippen LogP contribution in [0.4, 0.5) is 0 Å². The Morgan fingerprint density at radius 3 is 2.65 bits per heavy atom. The fraction of sp³-hybridized carbons (Fsp3) is 0.571. The molecule has 0 aliphatic rings. The number of hydrogen-bond donors (Lipinski definition) is 1. The first kappa shape index (κ1) is 14.0. The van der Waals surface area contributed by atoms with E-state index < -0.39 is 6.10 Å². The van der Waals surface area contributed by atoms with Gasteiger partial charge in [0.2, 0.25) is 0 Å².